The van der Waals surface area contributed by atoms with E-state index in [0.717, 1.165) is 5.56 Å². The maximum Gasteiger partial charge on any atom is 0.190 e. The third kappa shape index (κ3) is 2.65. The van der Waals surface area contributed by atoms with Crippen molar-refractivity contribution in [2.45, 2.75) is 50.8 Å². The molecule has 2 heterocycles. The zero-order valence-corrected chi connectivity index (χ0v) is 11.8. The first-order valence-corrected chi connectivity index (χ1v) is 6.88. The molecule has 20 heavy (non-hydrogen) atoms. The number of hydrogen-bond acceptors (Lipinski definition) is 4. The van der Waals surface area contributed by atoms with Crippen LogP contribution in [0.1, 0.15) is 19.4 Å². The fraction of sp³-hybridized carbons (Fsp3) is 0.500. The quantitative estimate of drug-likeness (QED) is 0.792. The molecule has 4 heteroatoms. The fourth-order valence-corrected chi connectivity index (χ4v) is 2.65. The molecular weight excluding hydrogens is 256 g/mol. The van der Waals surface area contributed by atoms with E-state index in [-0.39, 0.29) is 24.6 Å². The van der Waals surface area contributed by atoms with E-state index in [9.17, 15) is 0 Å². The van der Waals surface area contributed by atoms with Crippen molar-refractivity contribution in [3.8, 4) is 0 Å². The number of hydrogen-bond donors (Lipinski definition) is 0. The molecule has 0 spiro atoms. The lowest BCUT2D eigenvalue weighted by molar-refractivity contribution is -0.213. The van der Waals surface area contributed by atoms with Gasteiger partial charge in [0.25, 0.3) is 0 Å². The van der Waals surface area contributed by atoms with Gasteiger partial charge in [0.05, 0.1) is 6.61 Å². The summed E-state index contributed by atoms with van der Waals surface area (Å²) in [5.74, 6) is -0.629. The van der Waals surface area contributed by atoms with Crippen molar-refractivity contribution >= 4 is 0 Å². The smallest absolute Gasteiger partial charge is 0.190 e. The fourth-order valence-electron chi connectivity index (χ4n) is 2.65. The minimum absolute atomic E-state index is 0.195. The summed E-state index contributed by atoms with van der Waals surface area (Å²) in [7, 11) is 0. The first kappa shape index (κ1) is 13.8. The predicted molar refractivity (Wildman–Crippen MR) is 73.9 cm³/mol. The molecule has 4 nitrogen and oxygen atoms in total. The zero-order valence-electron chi connectivity index (χ0n) is 11.8. The summed E-state index contributed by atoms with van der Waals surface area (Å²) < 4.78 is 23.4. The second-order valence-electron chi connectivity index (χ2n) is 5.57. The van der Waals surface area contributed by atoms with Gasteiger partial charge in [0, 0.05) is 0 Å². The molecular formula is C16H20O4. The van der Waals surface area contributed by atoms with Gasteiger partial charge in [-0.3, -0.25) is 0 Å². The molecule has 2 aliphatic heterocycles. The Morgan fingerprint density at radius 1 is 1.25 bits per heavy atom. The SMILES string of the molecule is C=C[C@H]1O[C@H]2OC(C)(C)O[C@H]2[C@H]1OCc1ccccc1. The lowest BCUT2D eigenvalue weighted by Gasteiger charge is -2.24. The highest BCUT2D eigenvalue weighted by atomic mass is 16.8. The molecule has 0 bridgehead atoms. The maximum atomic E-state index is 6.00. The molecule has 4 atom stereocenters. The van der Waals surface area contributed by atoms with Crippen molar-refractivity contribution in [2.24, 2.45) is 0 Å². The van der Waals surface area contributed by atoms with Gasteiger partial charge < -0.3 is 18.9 Å². The molecule has 0 N–H and O–H groups in total. The van der Waals surface area contributed by atoms with Crippen LogP contribution in [0.15, 0.2) is 43.0 Å². The van der Waals surface area contributed by atoms with E-state index in [1.54, 1.807) is 6.08 Å². The van der Waals surface area contributed by atoms with Crippen LogP contribution >= 0.6 is 0 Å². The third-order valence-electron chi connectivity index (χ3n) is 3.54. The van der Waals surface area contributed by atoms with Crippen molar-refractivity contribution < 1.29 is 18.9 Å². The second-order valence-corrected chi connectivity index (χ2v) is 5.57. The van der Waals surface area contributed by atoms with Gasteiger partial charge in [0.15, 0.2) is 12.1 Å². The topological polar surface area (TPSA) is 36.9 Å². The van der Waals surface area contributed by atoms with Gasteiger partial charge >= 0.3 is 0 Å². The standard InChI is InChI=1S/C16H20O4/c1-4-12-13(17-10-11-8-6-5-7-9-11)14-15(18-12)20-16(2,3)19-14/h4-9,12-15H,1,10H2,2-3H3/t12-,13+,14+,15+/m1/s1. The van der Waals surface area contributed by atoms with Crippen molar-refractivity contribution in [1.29, 1.82) is 0 Å². The van der Waals surface area contributed by atoms with Gasteiger partial charge in [-0.25, -0.2) is 0 Å². The highest BCUT2D eigenvalue weighted by Gasteiger charge is 2.54. The Kier molecular flexibility index (Phi) is 3.65. The van der Waals surface area contributed by atoms with Crippen LogP contribution in [0.2, 0.25) is 0 Å². The summed E-state index contributed by atoms with van der Waals surface area (Å²) in [6.45, 7) is 8.08. The highest BCUT2D eigenvalue weighted by Crippen LogP contribution is 2.39. The van der Waals surface area contributed by atoms with Gasteiger partial charge in [-0.15, -0.1) is 6.58 Å². The Morgan fingerprint density at radius 3 is 2.70 bits per heavy atom. The molecule has 2 saturated heterocycles. The van der Waals surface area contributed by atoms with Crippen molar-refractivity contribution in [2.75, 3.05) is 0 Å². The molecule has 0 radical (unpaired) electrons. The Morgan fingerprint density at radius 2 is 2.00 bits per heavy atom. The van der Waals surface area contributed by atoms with Crippen molar-refractivity contribution in [1.82, 2.24) is 0 Å². The summed E-state index contributed by atoms with van der Waals surface area (Å²) in [6.07, 6.45) is 0.753. The van der Waals surface area contributed by atoms with E-state index in [4.69, 9.17) is 18.9 Å². The molecule has 1 aromatic rings. The lowest BCUT2D eigenvalue weighted by atomic mass is 10.1. The van der Waals surface area contributed by atoms with E-state index in [2.05, 4.69) is 6.58 Å². The van der Waals surface area contributed by atoms with Crippen LogP contribution in [-0.4, -0.2) is 30.4 Å². The lowest BCUT2D eigenvalue weighted by Crippen LogP contribution is -2.35. The number of rotatable bonds is 4. The van der Waals surface area contributed by atoms with Gasteiger partial charge in [-0.1, -0.05) is 36.4 Å². The molecule has 0 saturated carbocycles. The predicted octanol–water partition coefficient (Wildman–Crippen LogP) is 2.63. The molecule has 2 fully saturated rings. The van der Waals surface area contributed by atoms with Crippen LogP contribution in [0.5, 0.6) is 0 Å². The summed E-state index contributed by atoms with van der Waals surface area (Å²) in [5.41, 5.74) is 1.12. The van der Waals surface area contributed by atoms with Crippen LogP contribution in [0.25, 0.3) is 0 Å². The Bertz CT molecular complexity index is 471. The monoisotopic (exact) mass is 276 g/mol. The minimum Gasteiger partial charge on any atom is -0.368 e. The van der Waals surface area contributed by atoms with E-state index >= 15 is 0 Å². The Balaban J connectivity index is 1.68. The third-order valence-corrected chi connectivity index (χ3v) is 3.54. The molecule has 0 aliphatic carbocycles. The number of benzene rings is 1. The first-order valence-electron chi connectivity index (χ1n) is 6.88. The largest absolute Gasteiger partial charge is 0.368 e. The van der Waals surface area contributed by atoms with Crippen molar-refractivity contribution in [3.05, 3.63) is 48.6 Å². The summed E-state index contributed by atoms with van der Waals surface area (Å²) in [5, 5.41) is 0. The molecule has 3 rings (SSSR count). The summed E-state index contributed by atoms with van der Waals surface area (Å²) in [4.78, 5) is 0. The van der Waals surface area contributed by atoms with Crippen LogP contribution in [0, 0.1) is 0 Å². The molecule has 0 aromatic heterocycles. The van der Waals surface area contributed by atoms with E-state index in [1.807, 2.05) is 44.2 Å². The van der Waals surface area contributed by atoms with Crippen LogP contribution in [-0.2, 0) is 25.6 Å². The summed E-state index contributed by atoms with van der Waals surface area (Å²) in [6, 6.07) is 10.0. The van der Waals surface area contributed by atoms with E-state index in [1.165, 1.54) is 0 Å². The highest BCUT2D eigenvalue weighted by molar-refractivity contribution is 5.13. The van der Waals surface area contributed by atoms with E-state index < -0.39 is 5.79 Å². The summed E-state index contributed by atoms with van der Waals surface area (Å²) >= 11 is 0. The Labute approximate surface area is 119 Å². The average Bonchev–Trinajstić information content (AvgIpc) is 2.89. The zero-order chi connectivity index (χ0) is 14.2. The van der Waals surface area contributed by atoms with Crippen LogP contribution in [0.4, 0.5) is 0 Å². The molecule has 0 unspecified atom stereocenters. The second kappa shape index (κ2) is 5.30. The Hall–Kier alpha value is -1.20. The molecule has 108 valence electrons. The van der Waals surface area contributed by atoms with E-state index in [0.29, 0.717) is 6.61 Å². The van der Waals surface area contributed by atoms with Gasteiger partial charge in [-0.05, 0) is 19.4 Å². The van der Waals surface area contributed by atoms with Crippen LogP contribution < -0.4 is 0 Å². The number of fused-ring (bicyclic) bond motifs is 1. The first-order chi connectivity index (χ1) is 9.59. The normalized spacial score (nSPS) is 34.9. The van der Waals surface area contributed by atoms with Gasteiger partial charge in [-0.2, -0.15) is 0 Å². The van der Waals surface area contributed by atoms with Gasteiger partial charge in [0.1, 0.15) is 18.3 Å². The minimum atomic E-state index is -0.629. The van der Waals surface area contributed by atoms with Crippen LogP contribution in [0.3, 0.4) is 0 Å². The molecule has 1 aromatic carbocycles. The van der Waals surface area contributed by atoms with Crippen molar-refractivity contribution in [3.63, 3.8) is 0 Å². The number of ether oxygens (including phenoxy) is 4. The average molecular weight is 276 g/mol. The maximum absolute atomic E-state index is 6.00. The molecule has 0 amide bonds. The molecule has 2 aliphatic rings. The van der Waals surface area contributed by atoms with Gasteiger partial charge in [0.2, 0.25) is 0 Å².